The van der Waals surface area contributed by atoms with Gasteiger partial charge in [0.05, 0.1) is 24.4 Å². The summed E-state index contributed by atoms with van der Waals surface area (Å²) in [6.45, 7) is 3.89. The van der Waals surface area contributed by atoms with Gasteiger partial charge in [-0.25, -0.2) is 0 Å². The Morgan fingerprint density at radius 2 is 2.17 bits per heavy atom. The lowest BCUT2D eigenvalue weighted by atomic mass is 10.2. The molecule has 0 spiro atoms. The number of anilines is 1. The van der Waals surface area contributed by atoms with Gasteiger partial charge in [0.2, 0.25) is 17.7 Å². The molecule has 1 fully saturated rings. The van der Waals surface area contributed by atoms with Crippen molar-refractivity contribution in [1.82, 2.24) is 9.80 Å². The summed E-state index contributed by atoms with van der Waals surface area (Å²) in [5.74, 6) is -0.589. The molecule has 1 aromatic rings. The maximum atomic E-state index is 12.2. The Kier molecular flexibility index (Phi) is 5.81. The largest absolute Gasteiger partial charge is 0.493 e. The van der Waals surface area contributed by atoms with E-state index in [2.05, 4.69) is 11.9 Å². The third kappa shape index (κ3) is 4.05. The highest BCUT2D eigenvalue weighted by molar-refractivity contribution is 6.32. The summed E-state index contributed by atoms with van der Waals surface area (Å²) in [6, 6.07) is 4.99. The van der Waals surface area contributed by atoms with E-state index in [4.69, 9.17) is 16.3 Å². The molecule has 7 nitrogen and oxygen atoms in total. The van der Waals surface area contributed by atoms with Crippen LogP contribution in [0, 0.1) is 0 Å². The molecule has 1 aliphatic heterocycles. The number of hydrogen-bond donors (Lipinski definition) is 1. The van der Waals surface area contributed by atoms with Gasteiger partial charge in [-0.2, -0.15) is 0 Å². The van der Waals surface area contributed by atoms with E-state index in [0.717, 1.165) is 0 Å². The number of halogens is 1. The lowest BCUT2D eigenvalue weighted by Gasteiger charge is -2.33. The topological polar surface area (TPSA) is 79.0 Å². The minimum Gasteiger partial charge on any atom is -0.493 e. The van der Waals surface area contributed by atoms with Crippen molar-refractivity contribution >= 4 is 35.0 Å². The smallest absolute Gasteiger partial charge is 0.246 e. The van der Waals surface area contributed by atoms with Crippen LogP contribution < -0.4 is 10.1 Å². The SMILES string of the molecule is C=CC(=O)N1CCN(CC(=O)Nc2cccc(Cl)c2OC)C(=O)C1. The molecule has 0 unspecified atom stereocenters. The van der Waals surface area contributed by atoms with Crippen molar-refractivity contribution in [3.05, 3.63) is 35.9 Å². The minimum absolute atomic E-state index is 0.0569. The van der Waals surface area contributed by atoms with Crippen molar-refractivity contribution < 1.29 is 19.1 Å². The summed E-state index contributed by atoms with van der Waals surface area (Å²) >= 11 is 6.00. The maximum Gasteiger partial charge on any atom is 0.246 e. The van der Waals surface area contributed by atoms with Gasteiger partial charge < -0.3 is 19.9 Å². The van der Waals surface area contributed by atoms with Crippen LogP contribution in [0.1, 0.15) is 0 Å². The van der Waals surface area contributed by atoms with E-state index in [9.17, 15) is 14.4 Å². The normalized spacial score (nSPS) is 14.3. The van der Waals surface area contributed by atoms with Crippen LogP contribution >= 0.6 is 11.6 Å². The molecule has 0 saturated carbocycles. The fourth-order valence-corrected chi connectivity index (χ4v) is 2.62. The molecule has 3 amide bonds. The predicted molar refractivity (Wildman–Crippen MR) is 90.0 cm³/mol. The summed E-state index contributed by atoms with van der Waals surface area (Å²) in [5, 5.41) is 3.05. The van der Waals surface area contributed by atoms with Crippen molar-refractivity contribution in [1.29, 1.82) is 0 Å². The van der Waals surface area contributed by atoms with Crippen LogP contribution in [0.3, 0.4) is 0 Å². The molecular weight excluding hydrogens is 334 g/mol. The third-order valence-corrected chi connectivity index (χ3v) is 3.88. The van der Waals surface area contributed by atoms with E-state index in [0.29, 0.717) is 29.5 Å². The highest BCUT2D eigenvalue weighted by Crippen LogP contribution is 2.32. The first-order valence-corrected chi connectivity index (χ1v) is 7.65. The van der Waals surface area contributed by atoms with Crippen LogP contribution in [0.25, 0.3) is 0 Å². The highest BCUT2D eigenvalue weighted by atomic mass is 35.5. The van der Waals surface area contributed by atoms with Crippen LogP contribution in [-0.2, 0) is 14.4 Å². The van der Waals surface area contributed by atoms with E-state index in [1.54, 1.807) is 18.2 Å². The number of nitrogens with zero attached hydrogens (tertiary/aromatic N) is 2. The first-order chi connectivity index (χ1) is 11.5. The molecule has 8 heteroatoms. The second-order valence-corrected chi connectivity index (χ2v) is 5.56. The Labute approximate surface area is 144 Å². The summed E-state index contributed by atoms with van der Waals surface area (Å²) in [5.41, 5.74) is 0.433. The molecular formula is C16H18ClN3O4. The number of benzene rings is 1. The number of methoxy groups -OCH3 is 1. The number of para-hydroxylation sites is 1. The summed E-state index contributed by atoms with van der Waals surface area (Å²) < 4.78 is 5.16. The molecule has 1 aromatic carbocycles. The van der Waals surface area contributed by atoms with Crippen molar-refractivity contribution in [2.75, 3.05) is 38.6 Å². The zero-order chi connectivity index (χ0) is 17.7. The van der Waals surface area contributed by atoms with E-state index in [-0.39, 0.29) is 30.8 Å². The molecule has 128 valence electrons. The fourth-order valence-electron chi connectivity index (χ4n) is 2.37. The molecule has 0 radical (unpaired) electrons. The summed E-state index contributed by atoms with van der Waals surface area (Å²) in [4.78, 5) is 38.6. The Morgan fingerprint density at radius 1 is 1.42 bits per heavy atom. The van der Waals surface area contributed by atoms with Crippen molar-refractivity contribution in [3.63, 3.8) is 0 Å². The third-order valence-electron chi connectivity index (χ3n) is 3.58. The molecule has 1 aliphatic rings. The average molecular weight is 352 g/mol. The molecule has 1 heterocycles. The second kappa shape index (κ2) is 7.83. The number of carbonyl (C=O) groups is 3. The molecule has 24 heavy (non-hydrogen) atoms. The minimum atomic E-state index is -0.368. The van der Waals surface area contributed by atoms with E-state index >= 15 is 0 Å². The van der Waals surface area contributed by atoms with Gasteiger partial charge in [0.1, 0.15) is 6.54 Å². The number of nitrogens with one attached hydrogen (secondary N) is 1. The van der Waals surface area contributed by atoms with Crippen LogP contribution in [0.2, 0.25) is 5.02 Å². The van der Waals surface area contributed by atoms with E-state index in [1.165, 1.54) is 23.0 Å². The quantitative estimate of drug-likeness (QED) is 0.807. The lowest BCUT2D eigenvalue weighted by molar-refractivity contribution is -0.144. The van der Waals surface area contributed by atoms with Gasteiger partial charge in [-0.1, -0.05) is 24.2 Å². The van der Waals surface area contributed by atoms with Crippen LogP contribution in [0.5, 0.6) is 5.75 Å². The van der Waals surface area contributed by atoms with Gasteiger partial charge in [-0.15, -0.1) is 0 Å². The lowest BCUT2D eigenvalue weighted by Crippen LogP contribution is -2.53. The van der Waals surface area contributed by atoms with Gasteiger partial charge in [0.25, 0.3) is 0 Å². The number of ether oxygens (including phenoxy) is 1. The maximum absolute atomic E-state index is 12.2. The van der Waals surface area contributed by atoms with Gasteiger partial charge in [-0.05, 0) is 18.2 Å². The van der Waals surface area contributed by atoms with Crippen LogP contribution in [0.15, 0.2) is 30.9 Å². The number of hydrogen-bond acceptors (Lipinski definition) is 4. The molecule has 1 saturated heterocycles. The van der Waals surface area contributed by atoms with Gasteiger partial charge in [-0.3, -0.25) is 14.4 Å². The van der Waals surface area contributed by atoms with E-state index < -0.39 is 0 Å². The zero-order valence-corrected chi connectivity index (χ0v) is 14.0. The molecule has 0 atom stereocenters. The molecule has 0 bridgehead atoms. The Hall–Kier alpha value is -2.54. The van der Waals surface area contributed by atoms with Crippen LogP contribution in [-0.4, -0.2) is 60.8 Å². The average Bonchev–Trinajstić information content (AvgIpc) is 2.56. The van der Waals surface area contributed by atoms with Crippen LogP contribution in [0.4, 0.5) is 5.69 Å². The van der Waals surface area contributed by atoms with Crippen molar-refractivity contribution in [2.24, 2.45) is 0 Å². The number of rotatable bonds is 5. The number of piperazine rings is 1. The monoisotopic (exact) mass is 351 g/mol. The zero-order valence-electron chi connectivity index (χ0n) is 13.3. The number of carbonyl (C=O) groups excluding carboxylic acids is 3. The van der Waals surface area contributed by atoms with Crippen molar-refractivity contribution in [2.45, 2.75) is 0 Å². The highest BCUT2D eigenvalue weighted by Gasteiger charge is 2.27. The standard InChI is InChI=1S/C16H18ClN3O4/c1-3-14(22)20-8-7-19(15(23)10-20)9-13(21)18-12-6-4-5-11(17)16(12)24-2/h3-6H,1,7-10H2,2H3,(H,18,21). The fraction of sp³-hybridized carbons (Fsp3) is 0.312. The Balaban J connectivity index is 1.96. The molecule has 0 aromatic heterocycles. The van der Waals surface area contributed by atoms with Crippen molar-refractivity contribution in [3.8, 4) is 5.75 Å². The first kappa shape index (κ1) is 17.8. The molecule has 2 rings (SSSR count). The molecule has 1 N–H and O–H groups in total. The molecule has 0 aliphatic carbocycles. The number of amides is 3. The van der Waals surface area contributed by atoms with Gasteiger partial charge in [0, 0.05) is 13.1 Å². The van der Waals surface area contributed by atoms with E-state index in [1.807, 2.05) is 0 Å². The van der Waals surface area contributed by atoms with Gasteiger partial charge >= 0.3 is 0 Å². The summed E-state index contributed by atoms with van der Waals surface area (Å²) in [7, 11) is 1.45. The van der Waals surface area contributed by atoms with Gasteiger partial charge in [0.15, 0.2) is 5.75 Å². The second-order valence-electron chi connectivity index (χ2n) is 5.15. The predicted octanol–water partition coefficient (Wildman–Crippen LogP) is 1.14. The Bertz CT molecular complexity index is 677. The first-order valence-electron chi connectivity index (χ1n) is 7.27. The summed E-state index contributed by atoms with van der Waals surface area (Å²) in [6.07, 6.45) is 1.17. The Morgan fingerprint density at radius 3 is 2.79 bits per heavy atom.